The van der Waals surface area contributed by atoms with Crippen LogP contribution < -0.4 is 11.1 Å². The standard InChI is InChI=1S/C9H13N3O4/c10-8-3-6(11-4-7(14)5-13)1-2-9(8)12(15)16/h1-3,7,11,13-14H,4-5,10H2. The van der Waals surface area contributed by atoms with Crippen LogP contribution in [0.2, 0.25) is 0 Å². The zero-order valence-corrected chi connectivity index (χ0v) is 8.46. The van der Waals surface area contributed by atoms with Crippen molar-refractivity contribution in [3.63, 3.8) is 0 Å². The van der Waals surface area contributed by atoms with Gasteiger partial charge >= 0.3 is 0 Å². The summed E-state index contributed by atoms with van der Waals surface area (Å²) in [6.07, 6.45) is -0.878. The number of benzene rings is 1. The number of aliphatic hydroxyl groups is 2. The molecule has 1 atom stereocenters. The lowest BCUT2D eigenvalue weighted by Crippen LogP contribution is -2.22. The number of hydrogen-bond acceptors (Lipinski definition) is 6. The van der Waals surface area contributed by atoms with Crippen LogP contribution in [0.25, 0.3) is 0 Å². The summed E-state index contributed by atoms with van der Waals surface area (Å²) in [6, 6.07) is 4.17. The van der Waals surface area contributed by atoms with Gasteiger partial charge < -0.3 is 21.3 Å². The number of aliphatic hydroxyl groups excluding tert-OH is 2. The Bertz CT molecular complexity index is 383. The van der Waals surface area contributed by atoms with E-state index in [-0.39, 0.29) is 24.5 Å². The molecule has 0 aliphatic carbocycles. The van der Waals surface area contributed by atoms with E-state index in [0.717, 1.165) is 0 Å². The fourth-order valence-electron chi connectivity index (χ4n) is 1.13. The number of hydrogen-bond donors (Lipinski definition) is 4. The molecule has 0 saturated carbocycles. The van der Waals surface area contributed by atoms with Gasteiger partial charge in [0.15, 0.2) is 0 Å². The lowest BCUT2D eigenvalue weighted by atomic mass is 10.2. The molecule has 16 heavy (non-hydrogen) atoms. The molecule has 88 valence electrons. The molecule has 0 bridgehead atoms. The van der Waals surface area contributed by atoms with Gasteiger partial charge in [-0.1, -0.05) is 0 Å². The van der Waals surface area contributed by atoms with Crippen molar-refractivity contribution in [3.8, 4) is 0 Å². The normalized spacial score (nSPS) is 12.1. The average molecular weight is 227 g/mol. The van der Waals surface area contributed by atoms with Crippen LogP contribution in [0.1, 0.15) is 0 Å². The first-order valence-corrected chi connectivity index (χ1v) is 4.61. The van der Waals surface area contributed by atoms with E-state index < -0.39 is 11.0 Å². The Balaban J connectivity index is 2.70. The molecule has 1 aromatic carbocycles. The van der Waals surface area contributed by atoms with Crippen molar-refractivity contribution in [3.05, 3.63) is 28.3 Å². The van der Waals surface area contributed by atoms with Crippen molar-refractivity contribution >= 4 is 17.1 Å². The molecule has 0 aromatic heterocycles. The van der Waals surface area contributed by atoms with Gasteiger partial charge in [-0.05, 0) is 12.1 Å². The second-order valence-electron chi connectivity index (χ2n) is 3.25. The maximum atomic E-state index is 10.5. The van der Waals surface area contributed by atoms with E-state index in [9.17, 15) is 10.1 Å². The van der Waals surface area contributed by atoms with E-state index in [2.05, 4.69) is 5.32 Å². The fourth-order valence-corrected chi connectivity index (χ4v) is 1.13. The van der Waals surface area contributed by atoms with Crippen molar-refractivity contribution < 1.29 is 15.1 Å². The van der Waals surface area contributed by atoms with Crippen molar-refractivity contribution in [2.75, 3.05) is 24.2 Å². The van der Waals surface area contributed by atoms with Crippen molar-refractivity contribution in [1.82, 2.24) is 0 Å². The predicted octanol–water partition coefficient (Wildman–Crippen LogP) is -0.0579. The summed E-state index contributed by atoms with van der Waals surface area (Å²) in [4.78, 5) is 9.91. The number of nitro benzene ring substituents is 1. The van der Waals surface area contributed by atoms with Gasteiger partial charge in [-0.2, -0.15) is 0 Å². The van der Waals surface area contributed by atoms with E-state index in [0.29, 0.717) is 5.69 Å². The molecule has 0 spiro atoms. The predicted molar refractivity (Wildman–Crippen MR) is 59.1 cm³/mol. The zero-order valence-electron chi connectivity index (χ0n) is 8.46. The van der Waals surface area contributed by atoms with Gasteiger partial charge in [-0.25, -0.2) is 0 Å². The topological polar surface area (TPSA) is 122 Å². The summed E-state index contributed by atoms with van der Waals surface area (Å²) in [5.74, 6) is 0. The number of anilines is 2. The molecular formula is C9H13N3O4. The molecule has 0 aliphatic heterocycles. The van der Waals surface area contributed by atoms with Crippen LogP contribution in [-0.4, -0.2) is 34.4 Å². The molecule has 0 radical (unpaired) electrons. The Morgan fingerprint density at radius 3 is 2.75 bits per heavy atom. The Kier molecular flexibility index (Phi) is 4.03. The highest BCUT2D eigenvalue weighted by Gasteiger charge is 2.11. The summed E-state index contributed by atoms with van der Waals surface area (Å²) in [5, 5.41) is 30.9. The maximum absolute atomic E-state index is 10.5. The SMILES string of the molecule is Nc1cc(NCC(O)CO)ccc1[N+](=O)[O-]. The summed E-state index contributed by atoms with van der Waals surface area (Å²) in [6.45, 7) is -0.205. The monoisotopic (exact) mass is 227 g/mol. The van der Waals surface area contributed by atoms with Gasteiger partial charge in [0.25, 0.3) is 5.69 Å². The minimum Gasteiger partial charge on any atom is -0.394 e. The second kappa shape index (κ2) is 5.29. The number of nitrogens with zero attached hydrogens (tertiary/aromatic N) is 1. The molecule has 0 aliphatic rings. The Labute approximate surface area is 91.7 Å². The molecule has 0 heterocycles. The maximum Gasteiger partial charge on any atom is 0.292 e. The van der Waals surface area contributed by atoms with Gasteiger partial charge in [0.05, 0.1) is 17.6 Å². The number of nitro groups is 1. The molecule has 1 unspecified atom stereocenters. The van der Waals surface area contributed by atoms with Gasteiger partial charge in [0.2, 0.25) is 0 Å². The largest absolute Gasteiger partial charge is 0.394 e. The van der Waals surface area contributed by atoms with Crippen LogP contribution in [-0.2, 0) is 0 Å². The molecule has 7 heteroatoms. The van der Waals surface area contributed by atoms with E-state index >= 15 is 0 Å². The van der Waals surface area contributed by atoms with Gasteiger partial charge in [-0.3, -0.25) is 10.1 Å². The zero-order chi connectivity index (χ0) is 12.1. The molecule has 5 N–H and O–H groups in total. The van der Waals surface area contributed by atoms with Gasteiger partial charge in [0, 0.05) is 18.3 Å². The first kappa shape index (κ1) is 12.2. The minimum atomic E-state index is -0.878. The van der Waals surface area contributed by atoms with E-state index in [4.69, 9.17) is 15.9 Å². The van der Waals surface area contributed by atoms with Crippen LogP contribution >= 0.6 is 0 Å². The molecular weight excluding hydrogens is 214 g/mol. The van der Waals surface area contributed by atoms with Crippen molar-refractivity contribution in [2.24, 2.45) is 0 Å². The summed E-state index contributed by atoms with van der Waals surface area (Å²) in [7, 11) is 0. The Morgan fingerprint density at radius 1 is 1.56 bits per heavy atom. The van der Waals surface area contributed by atoms with E-state index in [1.807, 2.05) is 0 Å². The number of rotatable bonds is 5. The fraction of sp³-hybridized carbons (Fsp3) is 0.333. The lowest BCUT2D eigenvalue weighted by Gasteiger charge is -2.10. The van der Waals surface area contributed by atoms with E-state index in [1.54, 1.807) is 0 Å². The number of nitrogens with one attached hydrogen (secondary N) is 1. The van der Waals surface area contributed by atoms with Crippen LogP contribution in [0, 0.1) is 10.1 Å². The van der Waals surface area contributed by atoms with Crippen LogP contribution in [0.5, 0.6) is 0 Å². The molecule has 7 nitrogen and oxygen atoms in total. The van der Waals surface area contributed by atoms with Crippen LogP contribution in [0.4, 0.5) is 17.1 Å². The number of nitrogen functional groups attached to an aromatic ring is 1. The van der Waals surface area contributed by atoms with Crippen molar-refractivity contribution in [1.29, 1.82) is 0 Å². The highest BCUT2D eigenvalue weighted by atomic mass is 16.6. The second-order valence-corrected chi connectivity index (χ2v) is 3.25. The number of nitrogens with two attached hydrogens (primary N) is 1. The summed E-state index contributed by atoms with van der Waals surface area (Å²) >= 11 is 0. The Morgan fingerprint density at radius 2 is 2.25 bits per heavy atom. The molecule has 1 rings (SSSR count). The molecule has 0 fully saturated rings. The van der Waals surface area contributed by atoms with Gasteiger partial charge in [-0.15, -0.1) is 0 Å². The first-order valence-electron chi connectivity index (χ1n) is 4.61. The minimum absolute atomic E-state index is 0.0495. The van der Waals surface area contributed by atoms with Crippen molar-refractivity contribution in [2.45, 2.75) is 6.10 Å². The Hall–Kier alpha value is -1.86. The third-order valence-electron chi connectivity index (χ3n) is 1.98. The smallest absolute Gasteiger partial charge is 0.292 e. The third kappa shape index (κ3) is 3.07. The molecule has 0 amide bonds. The third-order valence-corrected chi connectivity index (χ3v) is 1.98. The van der Waals surface area contributed by atoms with Crippen LogP contribution in [0.3, 0.4) is 0 Å². The van der Waals surface area contributed by atoms with Gasteiger partial charge in [0.1, 0.15) is 5.69 Å². The highest BCUT2D eigenvalue weighted by Crippen LogP contribution is 2.24. The quantitative estimate of drug-likeness (QED) is 0.317. The molecule has 1 aromatic rings. The summed E-state index contributed by atoms with van der Waals surface area (Å²) < 4.78 is 0. The molecule has 0 saturated heterocycles. The highest BCUT2D eigenvalue weighted by molar-refractivity contribution is 5.65. The lowest BCUT2D eigenvalue weighted by molar-refractivity contribution is -0.383. The summed E-state index contributed by atoms with van der Waals surface area (Å²) in [5.41, 5.74) is 5.91. The average Bonchev–Trinajstić information content (AvgIpc) is 2.25. The first-order chi connectivity index (χ1) is 7.54. The van der Waals surface area contributed by atoms with E-state index in [1.165, 1.54) is 18.2 Å². The van der Waals surface area contributed by atoms with Crippen LogP contribution in [0.15, 0.2) is 18.2 Å².